The third-order valence-corrected chi connectivity index (χ3v) is 5.85. The predicted molar refractivity (Wildman–Crippen MR) is 131 cm³/mol. The lowest BCUT2D eigenvalue weighted by Gasteiger charge is -2.20. The monoisotopic (exact) mass is 429 g/mol. The molecule has 2 aromatic carbocycles. The van der Waals surface area contributed by atoms with Gasteiger partial charge in [-0.15, -0.1) is 10.2 Å². The Morgan fingerprint density at radius 3 is 1.91 bits per heavy atom. The van der Waals surface area contributed by atoms with Crippen LogP contribution in [0.25, 0.3) is 11.3 Å². The van der Waals surface area contributed by atoms with Crippen molar-refractivity contribution in [2.45, 2.75) is 45.4 Å². The maximum atomic E-state index is 12.3. The van der Waals surface area contributed by atoms with E-state index >= 15 is 0 Å². The summed E-state index contributed by atoms with van der Waals surface area (Å²) in [6.45, 7) is 6.40. The summed E-state index contributed by atoms with van der Waals surface area (Å²) in [5.41, 5.74) is 4.52. The van der Waals surface area contributed by atoms with Gasteiger partial charge in [-0.3, -0.25) is 0 Å². The predicted octanol–water partition coefficient (Wildman–Crippen LogP) is 6.29. The Bertz CT molecular complexity index is 1010. The summed E-state index contributed by atoms with van der Waals surface area (Å²) in [5, 5.41) is 14.6. The third-order valence-electron chi connectivity index (χ3n) is 5.85. The molecule has 2 N–H and O–H groups in total. The normalized spacial score (nSPS) is 14.2. The maximum absolute atomic E-state index is 12.3. The molecule has 0 unspecified atom stereocenters. The van der Waals surface area contributed by atoms with Gasteiger partial charge in [0.2, 0.25) is 0 Å². The topological polar surface area (TPSA) is 70.2 Å². The summed E-state index contributed by atoms with van der Waals surface area (Å²) in [4.78, 5) is 14.6. The standard InChI is InChI=1S/C26H31N5O/c1-19(2)20-7-11-22(12-8-20)27-26(32)28-23-13-9-21(10-14-23)24-15-16-25(30-29-24)31-17-5-3-4-6-18-31/h7-16,19H,3-6,17-18H2,1-2H3,(H2,27,28,32). The molecule has 1 saturated heterocycles. The van der Waals surface area contributed by atoms with Gasteiger partial charge in [0.15, 0.2) is 5.82 Å². The molecule has 2 amide bonds. The lowest BCUT2D eigenvalue weighted by molar-refractivity contribution is 0.262. The van der Waals surface area contributed by atoms with Gasteiger partial charge in [-0.05, 0) is 60.7 Å². The minimum atomic E-state index is -0.267. The Labute approximate surface area is 190 Å². The van der Waals surface area contributed by atoms with Crippen LogP contribution in [-0.2, 0) is 0 Å². The summed E-state index contributed by atoms with van der Waals surface area (Å²) in [5.74, 6) is 1.42. The fourth-order valence-electron chi connectivity index (χ4n) is 3.92. The molecule has 6 heteroatoms. The number of urea groups is 1. The number of anilines is 3. The van der Waals surface area contributed by atoms with Gasteiger partial charge >= 0.3 is 6.03 Å². The van der Waals surface area contributed by atoms with E-state index in [2.05, 4.69) is 45.6 Å². The van der Waals surface area contributed by atoms with Crippen molar-refractivity contribution in [3.63, 3.8) is 0 Å². The van der Waals surface area contributed by atoms with Crippen LogP contribution in [0.3, 0.4) is 0 Å². The molecule has 0 spiro atoms. The molecule has 32 heavy (non-hydrogen) atoms. The smallest absolute Gasteiger partial charge is 0.323 e. The molecule has 0 saturated carbocycles. The molecule has 0 bridgehead atoms. The molecule has 166 valence electrons. The van der Waals surface area contributed by atoms with Gasteiger partial charge in [-0.1, -0.05) is 51.0 Å². The van der Waals surface area contributed by atoms with Gasteiger partial charge in [0.1, 0.15) is 0 Å². The number of benzene rings is 2. The average Bonchev–Trinajstić information content (AvgIpc) is 3.10. The first-order valence-electron chi connectivity index (χ1n) is 11.5. The number of amides is 2. The van der Waals surface area contributed by atoms with Crippen molar-refractivity contribution in [1.82, 2.24) is 10.2 Å². The van der Waals surface area contributed by atoms with Crippen molar-refractivity contribution in [2.24, 2.45) is 0 Å². The van der Waals surface area contributed by atoms with Gasteiger partial charge in [0.25, 0.3) is 0 Å². The Morgan fingerprint density at radius 1 is 0.781 bits per heavy atom. The number of carbonyl (C=O) groups is 1. The van der Waals surface area contributed by atoms with Crippen LogP contribution in [0.5, 0.6) is 0 Å². The number of hydrogen-bond acceptors (Lipinski definition) is 4. The van der Waals surface area contributed by atoms with Gasteiger partial charge < -0.3 is 15.5 Å². The van der Waals surface area contributed by atoms with Crippen LogP contribution in [0, 0.1) is 0 Å². The molecule has 1 aromatic heterocycles. The quantitative estimate of drug-likeness (QED) is 0.500. The maximum Gasteiger partial charge on any atom is 0.323 e. The van der Waals surface area contributed by atoms with E-state index in [4.69, 9.17) is 0 Å². The summed E-state index contributed by atoms with van der Waals surface area (Å²) in [7, 11) is 0. The highest BCUT2D eigenvalue weighted by Gasteiger charge is 2.12. The average molecular weight is 430 g/mol. The fourth-order valence-corrected chi connectivity index (χ4v) is 3.92. The first-order valence-corrected chi connectivity index (χ1v) is 11.5. The SMILES string of the molecule is CC(C)c1ccc(NC(=O)Nc2ccc(-c3ccc(N4CCCCCC4)nn3)cc2)cc1. The minimum absolute atomic E-state index is 0.267. The number of hydrogen-bond donors (Lipinski definition) is 2. The summed E-state index contributed by atoms with van der Waals surface area (Å²) < 4.78 is 0. The van der Waals surface area contributed by atoms with Crippen LogP contribution in [0.2, 0.25) is 0 Å². The second kappa shape index (κ2) is 10.3. The van der Waals surface area contributed by atoms with Crippen LogP contribution in [0.4, 0.5) is 22.0 Å². The molecule has 0 aliphatic carbocycles. The Kier molecular flexibility index (Phi) is 7.00. The third kappa shape index (κ3) is 5.63. The number of nitrogens with one attached hydrogen (secondary N) is 2. The van der Waals surface area contributed by atoms with E-state index in [0.717, 1.165) is 41.5 Å². The van der Waals surface area contributed by atoms with Crippen LogP contribution < -0.4 is 15.5 Å². The van der Waals surface area contributed by atoms with Crippen molar-refractivity contribution < 1.29 is 4.79 Å². The first-order chi connectivity index (χ1) is 15.6. The highest BCUT2D eigenvalue weighted by atomic mass is 16.2. The first kappa shape index (κ1) is 21.8. The summed E-state index contributed by atoms with van der Waals surface area (Å²) in [6.07, 6.45) is 5.03. The fraction of sp³-hybridized carbons (Fsp3) is 0.346. The Morgan fingerprint density at radius 2 is 1.38 bits per heavy atom. The van der Waals surface area contributed by atoms with Crippen molar-refractivity contribution >= 4 is 23.2 Å². The highest BCUT2D eigenvalue weighted by molar-refractivity contribution is 5.99. The molecule has 3 aromatic rings. The molecule has 0 radical (unpaired) electrons. The van der Waals surface area contributed by atoms with Crippen molar-refractivity contribution in [1.29, 1.82) is 0 Å². The van der Waals surface area contributed by atoms with E-state index in [1.165, 1.54) is 31.2 Å². The Balaban J connectivity index is 1.34. The van der Waals surface area contributed by atoms with Crippen LogP contribution in [0.15, 0.2) is 60.7 Å². The van der Waals surface area contributed by atoms with E-state index in [-0.39, 0.29) is 6.03 Å². The van der Waals surface area contributed by atoms with Crippen LogP contribution >= 0.6 is 0 Å². The molecule has 2 heterocycles. The number of aromatic nitrogens is 2. The molecular formula is C26H31N5O. The zero-order valence-electron chi connectivity index (χ0n) is 18.8. The van der Waals surface area contributed by atoms with Crippen molar-refractivity contribution in [3.8, 4) is 11.3 Å². The number of carbonyl (C=O) groups excluding carboxylic acids is 1. The molecule has 1 aliphatic heterocycles. The molecule has 0 atom stereocenters. The van der Waals surface area contributed by atoms with Crippen molar-refractivity contribution in [2.75, 3.05) is 28.6 Å². The molecule has 1 fully saturated rings. The second-order valence-corrected chi connectivity index (χ2v) is 8.61. The van der Waals surface area contributed by atoms with Crippen LogP contribution in [0.1, 0.15) is 51.0 Å². The zero-order valence-corrected chi connectivity index (χ0v) is 18.8. The van der Waals surface area contributed by atoms with E-state index in [1.807, 2.05) is 54.6 Å². The van der Waals surface area contributed by atoms with Gasteiger partial charge in [0, 0.05) is 30.0 Å². The molecular weight excluding hydrogens is 398 g/mol. The summed E-state index contributed by atoms with van der Waals surface area (Å²) >= 11 is 0. The molecule has 6 nitrogen and oxygen atoms in total. The Hall–Kier alpha value is -3.41. The second-order valence-electron chi connectivity index (χ2n) is 8.61. The van der Waals surface area contributed by atoms with E-state index in [9.17, 15) is 4.79 Å². The highest BCUT2D eigenvalue weighted by Crippen LogP contribution is 2.23. The van der Waals surface area contributed by atoms with Gasteiger partial charge in [-0.25, -0.2) is 4.79 Å². The summed E-state index contributed by atoms with van der Waals surface area (Å²) in [6, 6.07) is 19.4. The van der Waals surface area contributed by atoms with E-state index < -0.39 is 0 Å². The zero-order chi connectivity index (χ0) is 22.3. The van der Waals surface area contributed by atoms with Crippen LogP contribution in [-0.4, -0.2) is 29.3 Å². The van der Waals surface area contributed by atoms with E-state index in [0.29, 0.717) is 5.92 Å². The minimum Gasteiger partial charge on any atom is -0.355 e. The largest absolute Gasteiger partial charge is 0.355 e. The lowest BCUT2D eigenvalue weighted by Crippen LogP contribution is -2.25. The van der Waals surface area contributed by atoms with E-state index in [1.54, 1.807) is 0 Å². The molecule has 1 aliphatic rings. The van der Waals surface area contributed by atoms with Gasteiger partial charge in [0.05, 0.1) is 5.69 Å². The van der Waals surface area contributed by atoms with Gasteiger partial charge in [-0.2, -0.15) is 0 Å². The number of nitrogens with zero attached hydrogens (tertiary/aromatic N) is 3. The lowest BCUT2D eigenvalue weighted by atomic mass is 10.0. The number of rotatable bonds is 5. The molecule has 4 rings (SSSR count). The van der Waals surface area contributed by atoms with Crippen molar-refractivity contribution in [3.05, 3.63) is 66.2 Å².